The highest BCUT2D eigenvalue weighted by Gasteiger charge is 2.29. The summed E-state index contributed by atoms with van der Waals surface area (Å²) < 4.78 is 32.0. The Morgan fingerprint density at radius 3 is 2.66 bits per heavy atom. The smallest absolute Gasteiger partial charge is 0.260 e. The third-order valence-electron chi connectivity index (χ3n) is 5.05. The Morgan fingerprint density at radius 1 is 1.17 bits per heavy atom. The number of benzene rings is 2. The monoisotopic (exact) mass is 402 g/mol. The maximum atomic E-state index is 13.4. The Kier molecular flexibility index (Phi) is 6.80. The summed E-state index contributed by atoms with van der Waals surface area (Å²) in [6.07, 6.45) is 1.38. The number of ether oxygens (including phenoxy) is 1. The Morgan fingerprint density at radius 2 is 1.93 bits per heavy atom. The lowest BCUT2D eigenvalue weighted by atomic mass is 9.96. The normalized spacial score (nSPS) is 17.5. The molecule has 2 unspecified atom stereocenters. The first-order chi connectivity index (χ1) is 13.9. The summed E-state index contributed by atoms with van der Waals surface area (Å²) in [5.41, 5.74) is 0.484. The summed E-state index contributed by atoms with van der Waals surface area (Å²) in [6, 6.07) is 12.2. The third kappa shape index (κ3) is 5.53. The molecular weight excluding hydrogens is 378 g/mol. The van der Waals surface area contributed by atoms with Gasteiger partial charge in [0.05, 0.1) is 12.0 Å². The van der Waals surface area contributed by atoms with Crippen molar-refractivity contribution in [3.05, 3.63) is 65.7 Å². The number of halogens is 2. The van der Waals surface area contributed by atoms with Crippen molar-refractivity contribution < 1.29 is 23.1 Å². The summed E-state index contributed by atoms with van der Waals surface area (Å²) in [7, 11) is 0. The minimum atomic E-state index is -0.948. The number of nitrogens with zero attached hydrogens (tertiary/aromatic N) is 1. The van der Waals surface area contributed by atoms with E-state index in [0.717, 1.165) is 12.1 Å². The zero-order valence-electron chi connectivity index (χ0n) is 16.2. The lowest BCUT2D eigenvalue weighted by Crippen LogP contribution is -2.47. The van der Waals surface area contributed by atoms with Gasteiger partial charge in [0.25, 0.3) is 5.91 Å². The molecule has 0 spiro atoms. The van der Waals surface area contributed by atoms with Gasteiger partial charge in [-0.2, -0.15) is 0 Å². The van der Waals surface area contributed by atoms with Gasteiger partial charge in [-0.05, 0) is 49.6 Å². The van der Waals surface area contributed by atoms with Gasteiger partial charge in [-0.3, -0.25) is 9.59 Å². The van der Waals surface area contributed by atoms with Gasteiger partial charge < -0.3 is 15.0 Å². The number of hydrogen-bond acceptors (Lipinski definition) is 3. The molecule has 2 aromatic carbocycles. The van der Waals surface area contributed by atoms with E-state index < -0.39 is 17.7 Å². The van der Waals surface area contributed by atoms with Crippen LogP contribution in [0.15, 0.2) is 48.5 Å². The van der Waals surface area contributed by atoms with Crippen molar-refractivity contribution >= 4 is 11.8 Å². The molecule has 0 aliphatic carbocycles. The zero-order valence-corrected chi connectivity index (χ0v) is 16.2. The van der Waals surface area contributed by atoms with Crippen LogP contribution in [0.5, 0.6) is 5.75 Å². The number of carbonyl (C=O) groups excluding carboxylic acids is 2. The summed E-state index contributed by atoms with van der Waals surface area (Å²) in [6.45, 7) is 2.53. The minimum Gasteiger partial charge on any atom is -0.484 e. The number of piperidine rings is 1. The van der Waals surface area contributed by atoms with Crippen molar-refractivity contribution in [2.24, 2.45) is 5.92 Å². The summed E-state index contributed by atoms with van der Waals surface area (Å²) in [5, 5.41) is 2.83. The topological polar surface area (TPSA) is 58.6 Å². The van der Waals surface area contributed by atoms with Crippen LogP contribution < -0.4 is 10.1 Å². The lowest BCUT2D eigenvalue weighted by molar-refractivity contribution is -0.137. The van der Waals surface area contributed by atoms with Crippen molar-refractivity contribution in [2.45, 2.75) is 25.8 Å². The minimum absolute atomic E-state index is 0.0798. The van der Waals surface area contributed by atoms with E-state index in [1.165, 1.54) is 6.07 Å². The predicted molar refractivity (Wildman–Crippen MR) is 104 cm³/mol. The molecule has 2 aromatic rings. The van der Waals surface area contributed by atoms with Crippen LogP contribution in [-0.2, 0) is 9.59 Å². The van der Waals surface area contributed by atoms with E-state index in [1.54, 1.807) is 24.0 Å². The van der Waals surface area contributed by atoms with Gasteiger partial charge in [-0.15, -0.1) is 0 Å². The fourth-order valence-corrected chi connectivity index (χ4v) is 3.37. The number of carbonyl (C=O) groups is 2. The number of amides is 2. The fourth-order valence-electron chi connectivity index (χ4n) is 3.37. The molecule has 1 heterocycles. The van der Waals surface area contributed by atoms with Crippen LogP contribution in [0.4, 0.5) is 8.78 Å². The standard InChI is InChI=1S/C22H24F2N2O3/c1-15(16-9-10-19(23)20(24)12-16)25-22(28)17-6-5-11-26(13-17)21(27)14-29-18-7-3-2-4-8-18/h2-4,7-10,12,15,17H,5-6,11,13-14H2,1H3,(H,25,28). The van der Waals surface area contributed by atoms with Gasteiger partial charge >= 0.3 is 0 Å². The van der Waals surface area contributed by atoms with Crippen LogP contribution >= 0.6 is 0 Å². The average molecular weight is 402 g/mol. The number of nitrogens with one attached hydrogen (secondary N) is 1. The van der Waals surface area contributed by atoms with E-state index in [2.05, 4.69) is 5.32 Å². The van der Waals surface area contributed by atoms with Gasteiger partial charge in [-0.25, -0.2) is 8.78 Å². The van der Waals surface area contributed by atoms with E-state index in [9.17, 15) is 18.4 Å². The molecule has 1 saturated heterocycles. The number of rotatable bonds is 6. The van der Waals surface area contributed by atoms with Crippen LogP contribution in [0.1, 0.15) is 31.4 Å². The Bertz CT molecular complexity index is 860. The molecule has 0 radical (unpaired) electrons. The second-order valence-electron chi connectivity index (χ2n) is 7.18. The predicted octanol–water partition coefficient (Wildman–Crippen LogP) is 3.46. The van der Waals surface area contributed by atoms with Crippen molar-refractivity contribution in [2.75, 3.05) is 19.7 Å². The molecule has 1 aliphatic heterocycles. The van der Waals surface area contributed by atoms with Gasteiger partial charge in [0, 0.05) is 13.1 Å². The average Bonchev–Trinajstić information content (AvgIpc) is 2.74. The van der Waals surface area contributed by atoms with Crippen molar-refractivity contribution in [3.63, 3.8) is 0 Å². The first-order valence-corrected chi connectivity index (χ1v) is 9.65. The van der Waals surface area contributed by atoms with Crippen molar-refractivity contribution in [1.82, 2.24) is 10.2 Å². The van der Waals surface area contributed by atoms with Crippen LogP contribution in [0.2, 0.25) is 0 Å². The molecule has 2 amide bonds. The molecule has 0 saturated carbocycles. The van der Waals surface area contributed by atoms with E-state index >= 15 is 0 Å². The van der Waals surface area contributed by atoms with Crippen LogP contribution in [0, 0.1) is 17.6 Å². The third-order valence-corrected chi connectivity index (χ3v) is 5.05. The highest BCUT2D eigenvalue weighted by Crippen LogP contribution is 2.20. The van der Waals surface area contributed by atoms with Crippen LogP contribution in [0.3, 0.4) is 0 Å². The lowest BCUT2D eigenvalue weighted by Gasteiger charge is -2.32. The van der Waals surface area contributed by atoms with Crippen LogP contribution in [0.25, 0.3) is 0 Å². The molecule has 0 bridgehead atoms. The van der Waals surface area contributed by atoms with Gasteiger partial charge in [-0.1, -0.05) is 24.3 Å². The second kappa shape index (κ2) is 9.49. The first-order valence-electron chi connectivity index (χ1n) is 9.65. The number of hydrogen-bond donors (Lipinski definition) is 1. The highest BCUT2D eigenvalue weighted by molar-refractivity contribution is 5.82. The van der Waals surface area contributed by atoms with E-state index in [4.69, 9.17) is 4.74 Å². The fraction of sp³-hybridized carbons (Fsp3) is 0.364. The summed E-state index contributed by atoms with van der Waals surface area (Å²) >= 11 is 0. The maximum Gasteiger partial charge on any atom is 0.260 e. The molecule has 1 fully saturated rings. The Balaban J connectivity index is 1.53. The first kappa shape index (κ1) is 20.8. The van der Waals surface area contributed by atoms with Gasteiger partial charge in [0.1, 0.15) is 5.75 Å². The van der Waals surface area contributed by atoms with Crippen LogP contribution in [-0.4, -0.2) is 36.4 Å². The molecule has 1 N–H and O–H groups in total. The Hall–Kier alpha value is -2.96. The number of likely N-dealkylation sites (tertiary alicyclic amines) is 1. The molecule has 1 aliphatic rings. The largest absolute Gasteiger partial charge is 0.484 e. The number of para-hydroxylation sites is 1. The van der Waals surface area contributed by atoms with E-state index in [0.29, 0.717) is 37.2 Å². The van der Waals surface area contributed by atoms with E-state index in [1.807, 2.05) is 18.2 Å². The summed E-state index contributed by atoms with van der Waals surface area (Å²) in [5.74, 6) is -1.98. The van der Waals surface area contributed by atoms with Crippen molar-refractivity contribution in [3.8, 4) is 5.75 Å². The Labute approximate surface area is 168 Å². The van der Waals surface area contributed by atoms with Crippen molar-refractivity contribution in [1.29, 1.82) is 0 Å². The quantitative estimate of drug-likeness (QED) is 0.805. The summed E-state index contributed by atoms with van der Waals surface area (Å²) in [4.78, 5) is 26.7. The van der Waals surface area contributed by atoms with Gasteiger partial charge in [0.15, 0.2) is 18.2 Å². The highest BCUT2D eigenvalue weighted by atomic mass is 19.2. The molecule has 5 nitrogen and oxygen atoms in total. The molecule has 0 aromatic heterocycles. The SMILES string of the molecule is CC(NC(=O)C1CCCN(C(=O)COc2ccccc2)C1)c1ccc(F)c(F)c1. The van der Waals surface area contributed by atoms with E-state index in [-0.39, 0.29) is 24.3 Å². The second-order valence-corrected chi connectivity index (χ2v) is 7.18. The van der Waals surface area contributed by atoms with Gasteiger partial charge in [0.2, 0.25) is 5.91 Å². The molecule has 29 heavy (non-hydrogen) atoms. The zero-order chi connectivity index (χ0) is 20.8. The maximum absolute atomic E-state index is 13.4. The molecule has 2 atom stereocenters. The molecule has 3 rings (SSSR count). The molecule has 154 valence electrons. The molecule has 7 heteroatoms. The molecular formula is C22H24F2N2O3.